The number of hydrogen-bond acceptors (Lipinski definition) is 4. The van der Waals surface area contributed by atoms with E-state index < -0.39 is 0 Å². The maximum Gasteiger partial charge on any atom is 0.253 e. The van der Waals surface area contributed by atoms with Gasteiger partial charge in [-0.3, -0.25) is 10.2 Å². The number of piperazine rings is 1. The Hall–Kier alpha value is -3.61. The molecule has 0 spiro atoms. The van der Waals surface area contributed by atoms with Crippen molar-refractivity contribution in [2.75, 3.05) is 31.1 Å². The number of rotatable bonds is 4. The third kappa shape index (κ3) is 3.59. The van der Waals surface area contributed by atoms with Gasteiger partial charge in [-0.15, -0.1) is 0 Å². The van der Waals surface area contributed by atoms with E-state index >= 15 is 0 Å². The largest absolute Gasteiger partial charge is 0.384 e. The standard InChI is InChI=1S/C21H22N6O/c22-20(23)17-2-1-3-19(14-17)25-10-12-26(13-11-25)21(28)16-4-6-18(7-5-16)27-9-8-24-15-27/h1-9,14-15H,10-13H2,(H3,22,23). The number of anilines is 1. The van der Waals surface area contributed by atoms with E-state index in [1.807, 2.05) is 64.2 Å². The van der Waals surface area contributed by atoms with E-state index in [1.165, 1.54) is 0 Å². The Morgan fingerprint density at radius 3 is 2.36 bits per heavy atom. The van der Waals surface area contributed by atoms with Crippen LogP contribution in [0.3, 0.4) is 0 Å². The minimum atomic E-state index is 0.0503. The van der Waals surface area contributed by atoms with Crippen molar-refractivity contribution in [3.05, 3.63) is 78.4 Å². The van der Waals surface area contributed by atoms with E-state index in [1.54, 1.807) is 12.5 Å². The Balaban J connectivity index is 1.40. The predicted octanol–water partition coefficient (Wildman–Crippen LogP) is 2.12. The lowest BCUT2D eigenvalue weighted by atomic mass is 10.1. The van der Waals surface area contributed by atoms with Crippen molar-refractivity contribution in [2.24, 2.45) is 5.73 Å². The number of benzene rings is 2. The monoisotopic (exact) mass is 374 g/mol. The number of nitrogens with zero attached hydrogens (tertiary/aromatic N) is 4. The van der Waals surface area contributed by atoms with Gasteiger partial charge in [0.15, 0.2) is 0 Å². The second kappa shape index (κ2) is 7.56. The fourth-order valence-electron chi connectivity index (χ4n) is 3.41. The van der Waals surface area contributed by atoms with Crippen LogP contribution in [-0.4, -0.2) is 52.4 Å². The molecule has 142 valence electrons. The molecule has 4 rings (SSSR count). The highest BCUT2D eigenvalue weighted by atomic mass is 16.2. The zero-order valence-corrected chi connectivity index (χ0v) is 15.5. The third-order valence-corrected chi connectivity index (χ3v) is 5.01. The summed E-state index contributed by atoms with van der Waals surface area (Å²) in [6.07, 6.45) is 5.33. The number of carbonyl (C=O) groups excluding carboxylic acids is 1. The van der Waals surface area contributed by atoms with Crippen molar-refractivity contribution < 1.29 is 4.79 Å². The second-order valence-electron chi connectivity index (χ2n) is 6.76. The van der Waals surface area contributed by atoms with Crippen molar-refractivity contribution in [1.82, 2.24) is 14.5 Å². The average molecular weight is 374 g/mol. The average Bonchev–Trinajstić information content (AvgIpc) is 3.28. The molecular weight excluding hydrogens is 352 g/mol. The number of imidazole rings is 1. The van der Waals surface area contributed by atoms with Crippen LogP contribution in [-0.2, 0) is 0 Å². The topological polar surface area (TPSA) is 91.2 Å². The molecule has 0 unspecified atom stereocenters. The Bertz CT molecular complexity index is 972. The van der Waals surface area contributed by atoms with Gasteiger partial charge in [-0.2, -0.15) is 0 Å². The molecule has 7 heteroatoms. The van der Waals surface area contributed by atoms with E-state index in [-0.39, 0.29) is 11.7 Å². The van der Waals surface area contributed by atoms with Crippen LogP contribution in [0.5, 0.6) is 0 Å². The lowest BCUT2D eigenvalue weighted by Crippen LogP contribution is -2.48. The minimum Gasteiger partial charge on any atom is -0.384 e. The first-order chi connectivity index (χ1) is 13.6. The Labute approximate surface area is 163 Å². The fraction of sp³-hybridized carbons (Fsp3) is 0.190. The smallest absolute Gasteiger partial charge is 0.253 e. The van der Waals surface area contributed by atoms with Gasteiger partial charge < -0.3 is 20.1 Å². The van der Waals surface area contributed by atoms with Gasteiger partial charge in [-0.25, -0.2) is 4.98 Å². The van der Waals surface area contributed by atoms with Crippen LogP contribution in [0.2, 0.25) is 0 Å². The number of nitrogens with one attached hydrogen (secondary N) is 1. The lowest BCUT2D eigenvalue weighted by Gasteiger charge is -2.36. The molecule has 1 aliphatic rings. The highest BCUT2D eigenvalue weighted by Gasteiger charge is 2.22. The van der Waals surface area contributed by atoms with Crippen molar-refractivity contribution in [2.45, 2.75) is 0 Å². The summed E-state index contributed by atoms with van der Waals surface area (Å²) in [7, 11) is 0. The van der Waals surface area contributed by atoms with Gasteiger partial charge in [0.2, 0.25) is 0 Å². The van der Waals surface area contributed by atoms with Gasteiger partial charge in [0, 0.05) is 61.1 Å². The summed E-state index contributed by atoms with van der Waals surface area (Å²) in [5, 5.41) is 7.59. The van der Waals surface area contributed by atoms with Crippen molar-refractivity contribution in [3.8, 4) is 5.69 Å². The predicted molar refractivity (Wildman–Crippen MR) is 109 cm³/mol. The molecule has 3 N–H and O–H groups in total. The molecule has 2 aromatic carbocycles. The molecule has 1 saturated heterocycles. The normalized spacial score (nSPS) is 14.1. The Morgan fingerprint density at radius 2 is 1.71 bits per heavy atom. The molecule has 1 amide bonds. The maximum absolute atomic E-state index is 12.8. The van der Waals surface area contributed by atoms with Gasteiger partial charge in [0.25, 0.3) is 5.91 Å². The van der Waals surface area contributed by atoms with E-state index in [9.17, 15) is 4.79 Å². The van der Waals surface area contributed by atoms with Crippen LogP contribution >= 0.6 is 0 Å². The highest BCUT2D eigenvalue weighted by Crippen LogP contribution is 2.19. The number of amides is 1. The first-order valence-electron chi connectivity index (χ1n) is 9.19. The number of hydrogen-bond donors (Lipinski definition) is 2. The SMILES string of the molecule is N=C(N)c1cccc(N2CCN(C(=O)c3ccc(-n4ccnc4)cc3)CC2)c1. The van der Waals surface area contributed by atoms with Crippen LogP contribution in [0.1, 0.15) is 15.9 Å². The summed E-state index contributed by atoms with van der Waals surface area (Å²) in [5.41, 5.74) is 9.00. The lowest BCUT2D eigenvalue weighted by molar-refractivity contribution is 0.0747. The number of nitrogen functional groups attached to an aromatic ring is 1. The van der Waals surface area contributed by atoms with E-state index in [0.717, 1.165) is 24.5 Å². The van der Waals surface area contributed by atoms with Crippen LogP contribution in [0.4, 0.5) is 5.69 Å². The molecule has 0 radical (unpaired) electrons. The zero-order chi connectivity index (χ0) is 19.5. The van der Waals surface area contributed by atoms with E-state index in [2.05, 4.69) is 9.88 Å². The molecule has 1 aliphatic heterocycles. The number of amidine groups is 1. The summed E-state index contributed by atoms with van der Waals surface area (Å²) in [5.74, 6) is 0.115. The summed E-state index contributed by atoms with van der Waals surface area (Å²) in [6, 6.07) is 15.3. The molecule has 2 heterocycles. The number of aromatic nitrogens is 2. The number of nitrogens with two attached hydrogens (primary N) is 1. The zero-order valence-electron chi connectivity index (χ0n) is 15.5. The molecule has 28 heavy (non-hydrogen) atoms. The van der Waals surface area contributed by atoms with E-state index in [4.69, 9.17) is 11.1 Å². The maximum atomic E-state index is 12.8. The molecule has 1 fully saturated rings. The van der Waals surface area contributed by atoms with Crippen LogP contribution in [0.25, 0.3) is 5.69 Å². The fourth-order valence-corrected chi connectivity index (χ4v) is 3.41. The molecule has 1 aromatic heterocycles. The van der Waals surface area contributed by atoms with Gasteiger partial charge in [-0.1, -0.05) is 12.1 Å². The van der Waals surface area contributed by atoms with E-state index in [0.29, 0.717) is 24.2 Å². The van der Waals surface area contributed by atoms with Crippen molar-refractivity contribution >= 4 is 17.4 Å². The second-order valence-corrected chi connectivity index (χ2v) is 6.76. The molecule has 0 bridgehead atoms. The summed E-state index contributed by atoms with van der Waals surface area (Å²) >= 11 is 0. The molecule has 7 nitrogen and oxygen atoms in total. The van der Waals surface area contributed by atoms with Gasteiger partial charge in [0.1, 0.15) is 5.84 Å². The van der Waals surface area contributed by atoms with Crippen LogP contribution in [0, 0.1) is 5.41 Å². The first kappa shape index (κ1) is 17.8. The quantitative estimate of drug-likeness (QED) is 0.541. The number of carbonyl (C=O) groups is 1. The highest BCUT2D eigenvalue weighted by molar-refractivity contribution is 5.96. The summed E-state index contributed by atoms with van der Waals surface area (Å²) in [4.78, 5) is 21.0. The van der Waals surface area contributed by atoms with Gasteiger partial charge in [0.05, 0.1) is 6.33 Å². The molecule has 0 aliphatic carbocycles. The third-order valence-electron chi connectivity index (χ3n) is 5.01. The minimum absolute atomic E-state index is 0.0503. The summed E-state index contributed by atoms with van der Waals surface area (Å²) in [6.45, 7) is 2.82. The van der Waals surface area contributed by atoms with Gasteiger partial charge in [-0.05, 0) is 36.4 Å². The molecule has 0 saturated carbocycles. The van der Waals surface area contributed by atoms with Crippen molar-refractivity contribution in [1.29, 1.82) is 5.41 Å². The molecule has 0 atom stereocenters. The van der Waals surface area contributed by atoms with Crippen LogP contribution < -0.4 is 10.6 Å². The van der Waals surface area contributed by atoms with Crippen LogP contribution in [0.15, 0.2) is 67.3 Å². The molecule has 3 aromatic rings. The summed E-state index contributed by atoms with van der Waals surface area (Å²) < 4.78 is 1.90. The Morgan fingerprint density at radius 1 is 0.964 bits per heavy atom. The molecular formula is C21H22N6O. The first-order valence-corrected chi connectivity index (χ1v) is 9.19. The van der Waals surface area contributed by atoms with Gasteiger partial charge >= 0.3 is 0 Å². The van der Waals surface area contributed by atoms with Crippen molar-refractivity contribution in [3.63, 3.8) is 0 Å². The Kier molecular flexibility index (Phi) is 4.80.